The van der Waals surface area contributed by atoms with Gasteiger partial charge >= 0.3 is 6.03 Å². The number of para-hydroxylation sites is 1. The Hall–Kier alpha value is -3.06. The van der Waals surface area contributed by atoms with Crippen LogP contribution in [0.5, 0.6) is 5.75 Å². The molecule has 28 heavy (non-hydrogen) atoms. The standard InChI is InChI=1S/C21H26N4O3/c1-25(2)13-14-28-19-6-4-3-5-18(19)20(26)22-15-7-9-16(10-8-15)23-21(27)24-17-11-12-17/h3-10,17H,11-14H2,1-2H3,(H,22,26)(H2,23,24,27). The van der Waals surface area contributed by atoms with E-state index in [2.05, 4.69) is 16.0 Å². The van der Waals surface area contributed by atoms with Crippen LogP contribution >= 0.6 is 0 Å². The lowest BCUT2D eigenvalue weighted by Crippen LogP contribution is -2.30. The second kappa shape index (κ2) is 9.23. The van der Waals surface area contributed by atoms with Crippen LogP contribution in [0.25, 0.3) is 0 Å². The molecule has 0 aliphatic heterocycles. The summed E-state index contributed by atoms with van der Waals surface area (Å²) in [5, 5.41) is 8.51. The number of carbonyl (C=O) groups is 2. The number of hydrogen-bond donors (Lipinski definition) is 3. The number of likely N-dealkylation sites (N-methyl/N-ethyl adjacent to an activating group) is 1. The number of nitrogens with one attached hydrogen (secondary N) is 3. The average molecular weight is 382 g/mol. The maximum Gasteiger partial charge on any atom is 0.319 e. The molecule has 148 valence electrons. The number of amides is 3. The van der Waals surface area contributed by atoms with E-state index < -0.39 is 0 Å². The topological polar surface area (TPSA) is 82.7 Å². The zero-order valence-corrected chi connectivity index (χ0v) is 16.2. The SMILES string of the molecule is CN(C)CCOc1ccccc1C(=O)Nc1ccc(NC(=O)NC2CC2)cc1. The zero-order chi connectivity index (χ0) is 19.9. The van der Waals surface area contributed by atoms with E-state index in [1.807, 2.05) is 25.1 Å². The van der Waals surface area contributed by atoms with Gasteiger partial charge in [-0.2, -0.15) is 0 Å². The number of benzene rings is 2. The van der Waals surface area contributed by atoms with Crippen molar-refractivity contribution in [1.29, 1.82) is 0 Å². The molecule has 3 N–H and O–H groups in total. The number of ether oxygens (including phenoxy) is 1. The largest absolute Gasteiger partial charge is 0.491 e. The minimum atomic E-state index is -0.243. The molecule has 0 unspecified atom stereocenters. The molecule has 0 aromatic heterocycles. The molecule has 3 amide bonds. The Balaban J connectivity index is 1.57. The summed E-state index contributed by atoms with van der Waals surface area (Å²) in [6.45, 7) is 1.26. The number of nitrogens with zero attached hydrogens (tertiary/aromatic N) is 1. The Bertz CT molecular complexity index is 817. The first-order valence-electron chi connectivity index (χ1n) is 9.37. The second-order valence-electron chi connectivity index (χ2n) is 7.05. The first-order chi connectivity index (χ1) is 13.5. The molecule has 2 aromatic carbocycles. The first kappa shape index (κ1) is 19.7. The van der Waals surface area contributed by atoms with Gasteiger partial charge in [-0.3, -0.25) is 4.79 Å². The molecule has 1 aliphatic carbocycles. The third kappa shape index (κ3) is 5.99. The molecule has 3 rings (SSSR count). The Labute approximate surface area is 165 Å². The van der Waals surface area contributed by atoms with Crippen LogP contribution in [0.3, 0.4) is 0 Å². The molecule has 0 radical (unpaired) electrons. The molecule has 0 heterocycles. The molecule has 1 saturated carbocycles. The maximum absolute atomic E-state index is 12.6. The van der Waals surface area contributed by atoms with Crippen LogP contribution in [0.1, 0.15) is 23.2 Å². The van der Waals surface area contributed by atoms with Gasteiger partial charge in [0.05, 0.1) is 5.56 Å². The van der Waals surface area contributed by atoms with Crippen LogP contribution in [-0.2, 0) is 0 Å². The molecular weight excluding hydrogens is 356 g/mol. The van der Waals surface area contributed by atoms with Crippen molar-refractivity contribution in [3.63, 3.8) is 0 Å². The van der Waals surface area contributed by atoms with Gasteiger partial charge in [-0.25, -0.2) is 4.79 Å². The van der Waals surface area contributed by atoms with Crippen LogP contribution in [0.4, 0.5) is 16.2 Å². The predicted molar refractivity (Wildman–Crippen MR) is 110 cm³/mol. The fourth-order valence-corrected chi connectivity index (χ4v) is 2.53. The Morgan fingerprint density at radius 3 is 2.29 bits per heavy atom. The van der Waals surface area contributed by atoms with Crippen molar-refractivity contribution in [2.24, 2.45) is 0 Å². The molecule has 0 saturated heterocycles. The number of hydrogen-bond acceptors (Lipinski definition) is 4. The van der Waals surface area contributed by atoms with Crippen molar-refractivity contribution in [2.45, 2.75) is 18.9 Å². The minimum Gasteiger partial charge on any atom is -0.491 e. The van der Waals surface area contributed by atoms with Gasteiger partial charge < -0.3 is 25.6 Å². The monoisotopic (exact) mass is 382 g/mol. The van der Waals surface area contributed by atoms with Crippen molar-refractivity contribution in [1.82, 2.24) is 10.2 Å². The van der Waals surface area contributed by atoms with E-state index in [1.54, 1.807) is 42.5 Å². The summed E-state index contributed by atoms with van der Waals surface area (Å²) in [7, 11) is 3.94. The summed E-state index contributed by atoms with van der Waals surface area (Å²) < 4.78 is 5.75. The smallest absolute Gasteiger partial charge is 0.319 e. The fourth-order valence-electron chi connectivity index (χ4n) is 2.53. The molecule has 1 aliphatic rings. The van der Waals surface area contributed by atoms with E-state index in [1.165, 1.54) is 0 Å². The quantitative estimate of drug-likeness (QED) is 0.655. The highest BCUT2D eigenvalue weighted by Crippen LogP contribution is 2.21. The first-order valence-corrected chi connectivity index (χ1v) is 9.37. The molecule has 1 fully saturated rings. The average Bonchev–Trinajstić information content (AvgIpc) is 3.47. The van der Waals surface area contributed by atoms with Crippen molar-refractivity contribution in [3.05, 3.63) is 54.1 Å². The summed E-state index contributed by atoms with van der Waals surface area (Å²) in [6.07, 6.45) is 2.08. The number of urea groups is 1. The van der Waals surface area contributed by atoms with Crippen LogP contribution < -0.4 is 20.7 Å². The van der Waals surface area contributed by atoms with Gasteiger partial charge in [0.25, 0.3) is 5.91 Å². The second-order valence-corrected chi connectivity index (χ2v) is 7.05. The van der Waals surface area contributed by atoms with E-state index in [0.29, 0.717) is 35.3 Å². The Morgan fingerprint density at radius 1 is 1.00 bits per heavy atom. The number of carbonyl (C=O) groups excluding carboxylic acids is 2. The lowest BCUT2D eigenvalue weighted by molar-refractivity contribution is 0.102. The molecule has 0 spiro atoms. The lowest BCUT2D eigenvalue weighted by atomic mass is 10.2. The van der Waals surface area contributed by atoms with E-state index in [0.717, 1.165) is 19.4 Å². The van der Waals surface area contributed by atoms with Crippen molar-refractivity contribution in [2.75, 3.05) is 37.9 Å². The highest BCUT2D eigenvalue weighted by Gasteiger charge is 2.23. The molecule has 7 heteroatoms. The van der Waals surface area contributed by atoms with Crippen LogP contribution in [0.15, 0.2) is 48.5 Å². The third-order valence-electron chi connectivity index (χ3n) is 4.24. The molecule has 0 bridgehead atoms. The Kier molecular flexibility index (Phi) is 6.49. The molecule has 0 atom stereocenters. The molecular formula is C21H26N4O3. The van der Waals surface area contributed by atoms with E-state index in [4.69, 9.17) is 4.74 Å². The van der Waals surface area contributed by atoms with Gasteiger partial charge in [0.2, 0.25) is 0 Å². The highest BCUT2D eigenvalue weighted by molar-refractivity contribution is 6.06. The summed E-state index contributed by atoms with van der Waals surface area (Å²) in [5.74, 6) is 0.310. The summed E-state index contributed by atoms with van der Waals surface area (Å²) in [6, 6.07) is 14.3. The van der Waals surface area contributed by atoms with Crippen LogP contribution in [0, 0.1) is 0 Å². The highest BCUT2D eigenvalue weighted by atomic mass is 16.5. The van der Waals surface area contributed by atoms with Gasteiger partial charge in [0.15, 0.2) is 0 Å². The van der Waals surface area contributed by atoms with Gasteiger partial charge in [-0.05, 0) is 63.3 Å². The van der Waals surface area contributed by atoms with E-state index in [9.17, 15) is 9.59 Å². The third-order valence-corrected chi connectivity index (χ3v) is 4.24. The van der Waals surface area contributed by atoms with E-state index >= 15 is 0 Å². The van der Waals surface area contributed by atoms with Gasteiger partial charge in [0.1, 0.15) is 12.4 Å². The number of rotatable bonds is 8. The van der Waals surface area contributed by atoms with Gasteiger partial charge in [-0.15, -0.1) is 0 Å². The molecule has 2 aromatic rings. The van der Waals surface area contributed by atoms with Crippen molar-refractivity contribution < 1.29 is 14.3 Å². The summed E-state index contributed by atoms with van der Waals surface area (Å²) in [4.78, 5) is 26.4. The lowest BCUT2D eigenvalue weighted by Gasteiger charge is -2.14. The maximum atomic E-state index is 12.6. The minimum absolute atomic E-state index is 0.205. The molecule has 7 nitrogen and oxygen atoms in total. The predicted octanol–water partition coefficient (Wildman–Crippen LogP) is 3.16. The fraction of sp³-hybridized carbons (Fsp3) is 0.333. The van der Waals surface area contributed by atoms with Crippen LogP contribution in [-0.4, -0.2) is 50.1 Å². The van der Waals surface area contributed by atoms with Gasteiger partial charge in [-0.1, -0.05) is 12.1 Å². The van der Waals surface area contributed by atoms with E-state index in [-0.39, 0.29) is 11.9 Å². The normalized spacial score (nSPS) is 13.1. The van der Waals surface area contributed by atoms with Crippen LogP contribution in [0.2, 0.25) is 0 Å². The van der Waals surface area contributed by atoms with Crippen molar-refractivity contribution >= 4 is 23.3 Å². The number of anilines is 2. The van der Waals surface area contributed by atoms with Crippen molar-refractivity contribution in [3.8, 4) is 5.75 Å². The Morgan fingerprint density at radius 2 is 1.64 bits per heavy atom. The summed E-state index contributed by atoms with van der Waals surface area (Å²) >= 11 is 0. The zero-order valence-electron chi connectivity index (χ0n) is 16.2. The van der Waals surface area contributed by atoms with Gasteiger partial charge in [0, 0.05) is 24.0 Å². The summed E-state index contributed by atoms with van der Waals surface area (Å²) in [5.41, 5.74) is 1.79.